The molecule has 8 heteroatoms. The van der Waals surface area contributed by atoms with Crippen molar-refractivity contribution in [1.29, 1.82) is 0 Å². The fourth-order valence-corrected chi connectivity index (χ4v) is 0.344. The van der Waals surface area contributed by atoms with Crippen LogP contribution in [0.2, 0.25) is 0 Å². The first-order valence-electron chi connectivity index (χ1n) is 3.16. The molecule has 0 aromatic heterocycles. The van der Waals surface area contributed by atoms with Crippen LogP contribution in [0.15, 0.2) is 4.81 Å². The van der Waals surface area contributed by atoms with Crippen LogP contribution >= 0.6 is 0 Å². The zero-order chi connectivity index (χ0) is 6.57. The zero-order valence-electron chi connectivity index (χ0n) is 6.18. The maximum atomic E-state index is 4.20. The Balaban J connectivity index is 3.34. The minimum absolute atomic E-state index is 0.456. The van der Waals surface area contributed by atoms with Gasteiger partial charge in [-0.25, -0.2) is 0 Å². The van der Waals surface area contributed by atoms with Gasteiger partial charge in [0.1, 0.15) is 0 Å². The van der Waals surface area contributed by atoms with Crippen molar-refractivity contribution in [2.45, 2.75) is 0 Å². The third kappa shape index (κ3) is 6.25. The third-order valence-electron chi connectivity index (χ3n) is 0.682. The third-order valence-corrected chi connectivity index (χ3v) is 0.682. The Morgan fingerprint density at radius 2 is 1.62 bits per heavy atom. The molecule has 0 spiro atoms. The molecule has 0 bridgehead atoms. The first kappa shape index (κ1) is 8.25. The summed E-state index contributed by atoms with van der Waals surface area (Å²) < 4.78 is 0. The van der Waals surface area contributed by atoms with E-state index >= 15 is 0 Å². The van der Waals surface area contributed by atoms with Crippen LogP contribution in [-0.2, 0) is 0 Å². The van der Waals surface area contributed by atoms with Crippen molar-refractivity contribution in [2.24, 2.45) is 4.81 Å². The summed E-state index contributed by atoms with van der Waals surface area (Å²) in [6, 6.07) is 0. The second-order valence-corrected chi connectivity index (χ2v) is 2.64. The van der Waals surface area contributed by atoms with Crippen molar-refractivity contribution < 1.29 is 0 Å². The van der Waals surface area contributed by atoms with E-state index in [0.29, 0.717) is 13.0 Å². The van der Waals surface area contributed by atoms with Crippen molar-refractivity contribution in [3.8, 4) is 0 Å². The fourth-order valence-electron chi connectivity index (χ4n) is 0.344. The Bertz CT molecular complexity index is 62.5. The molecule has 0 aromatic carbocycles. The van der Waals surface area contributed by atoms with E-state index in [4.69, 9.17) is 0 Å². The molecule has 0 atom stereocenters. The topological polar surface area (TPSA) is 12.4 Å². The van der Waals surface area contributed by atoms with Gasteiger partial charge in [-0.05, 0) is 0 Å². The van der Waals surface area contributed by atoms with Gasteiger partial charge in [0.25, 0.3) is 0 Å². The van der Waals surface area contributed by atoms with Gasteiger partial charge in [0.15, 0.2) is 0 Å². The maximum absolute atomic E-state index is 4.20. The van der Waals surface area contributed by atoms with Crippen molar-refractivity contribution in [2.75, 3.05) is 0 Å². The second-order valence-electron chi connectivity index (χ2n) is 2.64. The molecule has 0 saturated carbocycles. The standard InChI is InChI=1S/B7H8N/c1-6(2)5-8-7(3)4/h1-4H2. The molecule has 34 valence electrons. The van der Waals surface area contributed by atoms with Gasteiger partial charge < -0.3 is 0 Å². The Morgan fingerprint density at radius 3 is 1.75 bits per heavy atom. The molecule has 0 aliphatic rings. The van der Waals surface area contributed by atoms with E-state index in [1.54, 1.807) is 0 Å². The van der Waals surface area contributed by atoms with E-state index in [0.717, 1.165) is 0 Å². The molecular formula is H8B7N. The van der Waals surface area contributed by atoms with Crippen molar-refractivity contribution in [3.63, 3.8) is 0 Å². The number of hydrogen-bond donors (Lipinski definition) is 0. The van der Waals surface area contributed by atoms with Crippen LogP contribution in [0.4, 0.5) is 0 Å². The molecule has 0 aliphatic heterocycles. The molecule has 1 nitrogen and oxygen atoms in total. The van der Waals surface area contributed by atoms with Crippen LogP contribution < -0.4 is 0 Å². The molecule has 0 aliphatic carbocycles. The Morgan fingerprint density at radius 1 is 1.12 bits per heavy atom. The fraction of sp³-hybridized carbons (Fsp3) is 0. The van der Waals surface area contributed by atoms with Gasteiger partial charge in [-0.3, -0.25) is 0 Å². The monoisotopic (exact) mass is 99.1 g/mol. The van der Waals surface area contributed by atoms with Crippen LogP contribution in [0.25, 0.3) is 0 Å². The average Bonchev–Trinajstić information content (AvgIpc) is 1.61. The van der Waals surface area contributed by atoms with Crippen LogP contribution in [-0.4, -0.2) is 50.9 Å². The van der Waals surface area contributed by atoms with Crippen molar-refractivity contribution in [1.82, 2.24) is 0 Å². The molecule has 8 heavy (non-hydrogen) atoms. The summed E-state index contributed by atoms with van der Waals surface area (Å²) in [7, 11) is 8.43. The predicted octanol–water partition coefficient (Wildman–Crippen LogP) is -4.62. The summed E-state index contributed by atoms with van der Waals surface area (Å²) in [6.45, 7) is 2.45. The molecule has 0 fully saturated rings. The van der Waals surface area contributed by atoms with Crippen LogP contribution in [0, 0.1) is 0 Å². The summed E-state index contributed by atoms with van der Waals surface area (Å²) >= 11 is 0. The number of hydrogen-bond acceptors (Lipinski definition) is 1. The predicted molar refractivity (Wildman–Crippen MR) is 53.9 cm³/mol. The second kappa shape index (κ2) is 4.17. The summed E-state index contributed by atoms with van der Waals surface area (Å²) in [6.07, 6.45) is 0.595. The van der Waals surface area contributed by atoms with Gasteiger partial charge >= 0.3 is 55.7 Å². The van der Waals surface area contributed by atoms with E-state index in [1.165, 1.54) is 0 Å². The van der Waals surface area contributed by atoms with E-state index in [1.807, 2.05) is 6.96 Å². The average molecular weight is 97.8 g/mol. The SMILES string of the molecule is BB(B)/B=N/B(B)B. The van der Waals surface area contributed by atoms with E-state index in [2.05, 4.69) is 35.8 Å². The summed E-state index contributed by atoms with van der Waals surface area (Å²) in [4.78, 5) is 4.20. The molecule has 0 aromatic rings. The first-order chi connectivity index (χ1) is 3.63. The minimum atomic E-state index is 0.456. The van der Waals surface area contributed by atoms with Gasteiger partial charge in [0.2, 0.25) is 0 Å². The molecule has 0 rings (SSSR count). The van der Waals surface area contributed by atoms with Crippen LogP contribution in [0.1, 0.15) is 0 Å². The molecule has 0 amide bonds. The Hall–Kier alpha value is 0.255. The Labute approximate surface area is 56.4 Å². The van der Waals surface area contributed by atoms with E-state index < -0.39 is 0 Å². The van der Waals surface area contributed by atoms with Crippen molar-refractivity contribution in [3.05, 3.63) is 0 Å². The number of nitrogens with zero attached hydrogens (tertiary/aromatic N) is 1. The van der Waals surface area contributed by atoms with Crippen LogP contribution in [0.5, 0.6) is 0 Å². The normalized spacial score (nSPS) is 8.50. The van der Waals surface area contributed by atoms with Crippen LogP contribution in [0.3, 0.4) is 0 Å². The van der Waals surface area contributed by atoms with Gasteiger partial charge in [-0.1, -0.05) is 0 Å². The number of rotatable bonds is 2. The van der Waals surface area contributed by atoms with E-state index in [9.17, 15) is 0 Å². The van der Waals surface area contributed by atoms with Gasteiger partial charge in [-0.15, -0.1) is 0 Å². The summed E-state index contributed by atoms with van der Waals surface area (Å²) in [5.74, 6) is 0. The summed E-state index contributed by atoms with van der Waals surface area (Å²) in [5, 5.41) is 0. The summed E-state index contributed by atoms with van der Waals surface area (Å²) in [5.41, 5.74) is 0. The molecule has 0 radical (unpaired) electrons. The van der Waals surface area contributed by atoms with Gasteiger partial charge in [-0.2, -0.15) is 0 Å². The quantitative estimate of drug-likeness (QED) is 0.308. The Kier molecular flexibility index (Phi) is 4.30. The molecular weight excluding hydrogens is 89.7 g/mol. The molecule has 0 unspecified atom stereocenters. The van der Waals surface area contributed by atoms with E-state index in [-0.39, 0.29) is 0 Å². The molecule has 0 heterocycles. The van der Waals surface area contributed by atoms with Gasteiger partial charge in [0.05, 0.1) is 0 Å². The first-order valence-corrected chi connectivity index (χ1v) is 3.16. The molecule has 0 saturated heterocycles. The van der Waals surface area contributed by atoms with Gasteiger partial charge in [0, 0.05) is 0 Å². The van der Waals surface area contributed by atoms with Crippen molar-refractivity contribution >= 4 is 50.9 Å². The zero-order valence-corrected chi connectivity index (χ0v) is 6.18. The molecule has 0 N–H and O–H groups in total.